The van der Waals surface area contributed by atoms with E-state index in [-0.39, 0.29) is 5.91 Å². The summed E-state index contributed by atoms with van der Waals surface area (Å²) in [5, 5.41) is 4.31. The molecule has 1 amide bonds. The molecule has 2 aromatic carbocycles. The van der Waals surface area contributed by atoms with Crippen molar-refractivity contribution in [3.05, 3.63) is 70.2 Å². The largest absolute Gasteiger partial charge is 0.348 e. The highest BCUT2D eigenvalue weighted by Crippen LogP contribution is 2.14. The monoisotopic (exact) mass is 337 g/mol. The molecule has 98 valence electrons. The van der Waals surface area contributed by atoms with Gasteiger partial charge in [0.2, 0.25) is 0 Å². The van der Waals surface area contributed by atoms with Gasteiger partial charge in [0.15, 0.2) is 0 Å². The number of alkyl halides is 1. The van der Waals surface area contributed by atoms with Crippen LogP contribution >= 0.6 is 27.5 Å². The number of amides is 1. The molecule has 4 heteroatoms. The van der Waals surface area contributed by atoms with E-state index in [1.807, 2.05) is 48.5 Å². The number of rotatable bonds is 4. The quantitative estimate of drug-likeness (QED) is 0.833. The molecule has 19 heavy (non-hydrogen) atoms. The molecule has 0 saturated heterocycles. The van der Waals surface area contributed by atoms with Crippen molar-refractivity contribution >= 4 is 33.4 Å². The molecule has 0 aliphatic heterocycles. The Balaban J connectivity index is 1.99. The molecule has 2 rings (SSSR count). The summed E-state index contributed by atoms with van der Waals surface area (Å²) < 4.78 is 0. The minimum absolute atomic E-state index is 0.0963. The molecular weight excluding hydrogens is 326 g/mol. The zero-order valence-corrected chi connectivity index (χ0v) is 12.5. The standard InChI is InChI=1S/C15H13BrClNO/c16-9-11-5-7-12(8-6-11)15(19)18-10-13-3-1-2-4-14(13)17/h1-8H,9-10H2,(H,18,19). The predicted molar refractivity (Wildman–Crippen MR) is 81.7 cm³/mol. The highest BCUT2D eigenvalue weighted by Gasteiger charge is 2.06. The number of halogens is 2. The highest BCUT2D eigenvalue weighted by atomic mass is 79.9. The molecule has 0 aromatic heterocycles. The topological polar surface area (TPSA) is 29.1 Å². The van der Waals surface area contributed by atoms with Gasteiger partial charge in [0.1, 0.15) is 0 Å². The lowest BCUT2D eigenvalue weighted by Gasteiger charge is -2.07. The van der Waals surface area contributed by atoms with Crippen LogP contribution in [0, 0.1) is 0 Å². The first-order valence-corrected chi connectivity index (χ1v) is 7.37. The zero-order chi connectivity index (χ0) is 13.7. The summed E-state index contributed by atoms with van der Waals surface area (Å²) in [4.78, 5) is 12.0. The highest BCUT2D eigenvalue weighted by molar-refractivity contribution is 9.08. The van der Waals surface area contributed by atoms with Crippen molar-refractivity contribution < 1.29 is 4.79 Å². The lowest BCUT2D eigenvalue weighted by molar-refractivity contribution is 0.0951. The lowest BCUT2D eigenvalue weighted by Crippen LogP contribution is -2.22. The van der Waals surface area contributed by atoms with Gasteiger partial charge >= 0.3 is 0 Å². The van der Waals surface area contributed by atoms with E-state index in [1.54, 1.807) is 0 Å². The second-order valence-electron chi connectivity index (χ2n) is 4.10. The molecule has 0 fully saturated rings. The summed E-state index contributed by atoms with van der Waals surface area (Å²) in [5.74, 6) is -0.0963. The molecule has 0 aliphatic rings. The van der Waals surface area contributed by atoms with Gasteiger partial charge in [-0.05, 0) is 29.3 Å². The van der Waals surface area contributed by atoms with Crippen LogP contribution in [0.4, 0.5) is 0 Å². The third-order valence-electron chi connectivity index (χ3n) is 2.77. The van der Waals surface area contributed by atoms with Crippen molar-refractivity contribution in [2.75, 3.05) is 0 Å². The van der Waals surface area contributed by atoms with E-state index in [0.717, 1.165) is 16.5 Å². The van der Waals surface area contributed by atoms with Crippen LogP contribution in [0.1, 0.15) is 21.5 Å². The summed E-state index contributed by atoms with van der Waals surface area (Å²) in [6.45, 7) is 0.429. The first-order chi connectivity index (χ1) is 9.20. The first-order valence-electron chi connectivity index (χ1n) is 5.87. The minimum Gasteiger partial charge on any atom is -0.348 e. The van der Waals surface area contributed by atoms with Crippen molar-refractivity contribution in [2.45, 2.75) is 11.9 Å². The van der Waals surface area contributed by atoms with E-state index in [2.05, 4.69) is 21.2 Å². The smallest absolute Gasteiger partial charge is 0.251 e. The van der Waals surface area contributed by atoms with Crippen molar-refractivity contribution in [3.63, 3.8) is 0 Å². The van der Waals surface area contributed by atoms with Crippen molar-refractivity contribution in [3.8, 4) is 0 Å². The van der Waals surface area contributed by atoms with Gasteiger partial charge in [-0.3, -0.25) is 4.79 Å². The van der Waals surface area contributed by atoms with Crippen molar-refractivity contribution in [1.82, 2.24) is 5.32 Å². The molecule has 2 aromatic rings. The average Bonchev–Trinajstić information content (AvgIpc) is 2.46. The van der Waals surface area contributed by atoms with Gasteiger partial charge < -0.3 is 5.32 Å². The van der Waals surface area contributed by atoms with Gasteiger partial charge in [0, 0.05) is 22.5 Å². The first kappa shape index (κ1) is 14.1. The van der Waals surface area contributed by atoms with Crippen LogP contribution in [0.2, 0.25) is 5.02 Å². The van der Waals surface area contributed by atoms with Crippen LogP contribution in [0.25, 0.3) is 0 Å². The predicted octanol–water partition coefficient (Wildman–Crippen LogP) is 4.16. The van der Waals surface area contributed by atoms with Crippen LogP contribution in [0.5, 0.6) is 0 Å². The number of benzene rings is 2. The van der Waals surface area contributed by atoms with E-state index >= 15 is 0 Å². The van der Waals surface area contributed by atoms with Gasteiger partial charge in [-0.25, -0.2) is 0 Å². The maximum atomic E-state index is 12.0. The molecule has 0 radical (unpaired) electrons. The molecule has 0 bridgehead atoms. The Morgan fingerprint density at radius 2 is 1.79 bits per heavy atom. The average molecular weight is 339 g/mol. The van der Waals surface area contributed by atoms with E-state index < -0.39 is 0 Å². The normalized spacial score (nSPS) is 10.2. The molecule has 1 N–H and O–H groups in total. The fourth-order valence-electron chi connectivity index (χ4n) is 1.66. The number of hydrogen-bond acceptors (Lipinski definition) is 1. The Hall–Kier alpha value is -1.32. The maximum Gasteiger partial charge on any atom is 0.251 e. The van der Waals surface area contributed by atoms with Crippen molar-refractivity contribution in [1.29, 1.82) is 0 Å². The fraction of sp³-hybridized carbons (Fsp3) is 0.133. The van der Waals surface area contributed by atoms with Crippen LogP contribution < -0.4 is 5.32 Å². The summed E-state index contributed by atoms with van der Waals surface area (Å²) in [7, 11) is 0. The van der Waals surface area contributed by atoms with Crippen molar-refractivity contribution in [2.24, 2.45) is 0 Å². The van der Waals surface area contributed by atoms with Gasteiger partial charge in [-0.15, -0.1) is 0 Å². The molecular formula is C15H13BrClNO. The molecule has 0 aliphatic carbocycles. The Labute approximate surface area is 125 Å². The van der Waals surface area contributed by atoms with Crippen LogP contribution in [0.3, 0.4) is 0 Å². The molecule has 0 spiro atoms. The molecule has 2 nitrogen and oxygen atoms in total. The van der Waals surface area contributed by atoms with Crippen LogP contribution in [-0.2, 0) is 11.9 Å². The molecule has 0 heterocycles. The zero-order valence-electron chi connectivity index (χ0n) is 10.2. The van der Waals surface area contributed by atoms with Gasteiger partial charge in [0.05, 0.1) is 0 Å². The van der Waals surface area contributed by atoms with Gasteiger partial charge in [0.25, 0.3) is 5.91 Å². The Morgan fingerprint density at radius 1 is 1.11 bits per heavy atom. The summed E-state index contributed by atoms with van der Waals surface area (Å²) in [6.07, 6.45) is 0. The van der Waals surface area contributed by atoms with E-state index in [9.17, 15) is 4.79 Å². The van der Waals surface area contributed by atoms with E-state index in [0.29, 0.717) is 17.1 Å². The van der Waals surface area contributed by atoms with Crippen LogP contribution in [0.15, 0.2) is 48.5 Å². The lowest BCUT2D eigenvalue weighted by atomic mass is 10.1. The fourth-order valence-corrected chi connectivity index (χ4v) is 2.24. The number of carbonyl (C=O) groups is 1. The van der Waals surface area contributed by atoms with Gasteiger partial charge in [-0.2, -0.15) is 0 Å². The molecule has 0 atom stereocenters. The Morgan fingerprint density at radius 3 is 2.42 bits per heavy atom. The second-order valence-corrected chi connectivity index (χ2v) is 5.07. The Bertz CT molecular complexity index is 569. The maximum absolute atomic E-state index is 12.0. The third-order valence-corrected chi connectivity index (χ3v) is 3.78. The van der Waals surface area contributed by atoms with Gasteiger partial charge in [-0.1, -0.05) is 57.9 Å². The number of carbonyl (C=O) groups excluding carboxylic acids is 1. The third kappa shape index (κ3) is 3.82. The summed E-state index contributed by atoms with van der Waals surface area (Å²) in [5.41, 5.74) is 2.70. The Kier molecular flexibility index (Phi) is 5.00. The van der Waals surface area contributed by atoms with E-state index in [1.165, 1.54) is 0 Å². The summed E-state index contributed by atoms with van der Waals surface area (Å²) >= 11 is 9.41. The second kappa shape index (κ2) is 6.73. The van der Waals surface area contributed by atoms with E-state index in [4.69, 9.17) is 11.6 Å². The minimum atomic E-state index is -0.0963. The van der Waals surface area contributed by atoms with Crippen LogP contribution in [-0.4, -0.2) is 5.91 Å². The number of hydrogen-bond donors (Lipinski definition) is 1. The SMILES string of the molecule is O=C(NCc1ccccc1Cl)c1ccc(CBr)cc1. The molecule has 0 unspecified atom stereocenters. The summed E-state index contributed by atoms with van der Waals surface area (Å²) in [6, 6.07) is 15.0. The number of nitrogens with one attached hydrogen (secondary N) is 1. The molecule has 0 saturated carbocycles.